The molecule has 0 aliphatic carbocycles. The zero-order valence-corrected chi connectivity index (χ0v) is 9.52. The van der Waals surface area contributed by atoms with Gasteiger partial charge in [0.1, 0.15) is 11.6 Å². The molecule has 0 saturated carbocycles. The standard InChI is InChI=1S/C11H12ClF2NO/c1-7(4-5-12)15-11(16)9-3-2-8(13)6-10(9)14/h2-3,6-7H,4-5H2,1H3,(H,15,16). The molecule has 0 aliphatic heterocycles. The summed E-state index contributed by atoms with van der Waals surface area (Å²) < 4.78 is 25.8. The summed E-state index contributed by atoms with van der Waals surface area (Å²) in [6.07, 6.45) is 0.593. The highest BCUT2D eigenvalue weighted by molar-refractivity contribution is 6.17. The van der Waals surface area contributed by atoms with Crippen LogP contribution in [0.25, 0.3) is 0 Å². The fourth-order valence-corrected chi connectivity index (χ4v) is 1.54. The smallest absolute Gasteiger partial charge is 0.254 e. The molecule has 1 rings (SSSR count). The first-order valence-electron chi connectivity index (χ1n) is 4.86. The van der Waals surface area contributed by atoms with Crippen molar-refractivity contribution in [3.63, 3.8) is 0 Å². The Balaban J connectivity index is 2.73. The van der Waals surface area contributed by atoms with Crippen LogP contribution in [0.4, 0.5) is 8.78 Å². The minimum absolute atomic E-state index is 0.144. The van der Waals surface area contributed by atoms with E-state index in [0.29, 0.717) is 18.4 Å². The average molecular weight is 248 g/mol. The van der Waals surface area contributed by atoms with Crippen molar-refractivity contribution in [3.8, 4) is 0 Å². The maximum absolute atomic E-state index is 13.2. The molecule has 1 N–H and O–H groups in total. The van der Waals surface area contributed by atoms with Gasteiger partial charge in [0.15, 0.2) is 0 Å². The topological polar surface area (TPSA) is 29.1 Å². The van der Waals surface area contributed by atoms with Crippen LogP contribution in [0.5, 0.6) is 0 Å². The third-order valence-electron chi connectivity index (χ3n) is 2.10. The van der Waals surface area contributed by atoms with E-state index in [-0.39, 0.29) is 11.6 Å². The summed E-state index contributed by atoms with van der Waals surface area (Å²) in [7, 11) is 0. The predicted molar refractivity (Wildman–Crippen MR) is 58.6 cm³/mol. The van der Waals surface area contributed by atoms with E-state index in [1.165, 1.54) is 0 Å². The summed E-state index contributed by atoms with van der Waals surface area (Å²) in [6.45, 7) is 1.77. The minimum Gasteiger partial charge on any atom is -0.349 e. The van der Waals surface area contributed by atoms with Gasteiger partial charge in [-0.25, -0.2) is 8.78 Å². The third-order valence-corrected chi connectivity index (χ3v) is 2.31. The van der Waals surface area contributed by atoms with Crippen molar-refractivity contribution in [2.24, 2.45) is 0 Å². The number of benzene rings is 1. The van der Waals surface area contributed by atoms with Crippen molar-refractivity contribution in [1.29, 1.82) is 0 Å². The van der Waals surface area contributed by atoms with E-state index in [4.69, 9.17) is 11.6 Å². The molecule has 0 fully saturated rings. The number of hydrogen-bond donors (Lipinski definition) is 1. The van der Waals surface area contributed by atoms with Crippen molar-refractivity contribution < 1.29 is 13.6 Å². The Kier molecular flexibility index (Phi) is 4.68. The van der Waals surface area contributed by atoms with E-state index in [1.807, 2.05) is 0 Å². The molecule has 1 aromatic carbocycles. The van der Waals surface area contributed by atoms with Crippen molar-refractivity contribution in [2.75, 3.05) is 5.88 Å². The molecule has 16 heavy (non-hydrogen) atoms. The van der Waals surface area contributed by atoms with E-state index in [1.54, 1.807) is 6.92 Å². The van der Waals surface area contributed by atoms with Gasteiger partial charge in [-0.1, -0.05) is 0 Å². The van der Waals surface area contributed by atoms with Gasteiger partial charge in [0, 0.05) is 18.0 Å². The van der Waals surface area contributed by atoms with Gasteiger partial charge >= 0.3 is 0 Å². The highest BCUT2D eigenvalue weighted by atomic mass is 35.5. The molecule has 5 heteroatoms. The van der Waals surface area contributed by atoms with Crippen LogP contribution in [-0.4, -0.2) is 17.8 Å². The molecule has 0 heterocycles. The Hall–Kier alpha value is -1.16. The van der Waals surface area contributed by atoms with Crippen LogP contribution in [0, 0.1) is 11.6 Å². The monoisotopic (exact) mass is 247 g/mol. The molecule has 88 valence electrons. The Morgan fingerprint density at radius 3 is 2.75 bits per heavy atom. The summed E-state index contributed by atoms with van der Waals surface area (Å²) in [5.74, 6) is -1.72. The zero-order valence-electron chi connectivity index (χ0n) is 8.77. The number of hydrogen-bond acceptors (Lipinski definition) is 1. The number of rotatable bonds is 4. The number of halogens is 3. The number of carbonyl (C=O) groups is 1. The van der Waals surface area contributed by atoms with Crippen LogP contribution < -0.4 is 5.32 Å². The molecule has 0 radical (unpaired) electrons. The number of amides is 1. The van der Waals surface area contributed by atoms with E-state index in [0.717, 1.165) is 12.1 Å². The van der Waals surface area contributed by atoms with Crippen molar-refractivity contribution in [2.45, 2.75) is 19.4 Å². The molecule has 1 atom stereocenters. The van der Waals surface area contributed by atoms with Crippen molar-refractivity contribution in [1.82, 2.24) is 5.32 Å². The normalized spacial score (nSPS) is 12.2. The van der Waals surface area contributed by atoms with E-state index in [9.17, 15) is 13.6 Å². The zero-order chi connectivity index (χ0) is 12.1. The van der Waals surface area contributed by atoms with Gasteiger partial charge in [-0.15, -0.1) is 11.6 Å². The molecule has 2 nitrogen and oxygen atoms in total. The van der Waals surface area contributed by atoms with Crippen LogP contribution in [0.15, 0.2) is 18.2 Å². The van der Waals surface area contributed by atoms with Crippen LogP contribution in [0.1, 0.15) is 23.7 Å². The predicted octanol–water partition coefficient (Wildman–Crippen LogP) is 2.71. The Labute approximate surface area is 97.6 Å². The third kappa shape index (κ3) is 3.45. The van der Waals surface area contributed by atoms with Gasteiger partial charge in [-0.2, -0.15) is 0 Å². The Bertz CT molecular complexity index is 384. The second-order valence-corrected chi connectivity index (χ2v) is 3.85. The molecule has 0 bridgehead atoms. The lowest BCUT2D eigenvalue weighted by Gasteiger charge is -2.12. The van der Waals surface area contributed by atoms with Gasteiger partial charge in [0.05, 0.1) is 5.56 Å². The first kappa shape index (κ1) is 12.9. The fraction of sp³-hybridized carbons (Fsp3) is 0.364. The maximum atomic E-state index is 13.2. The number of carbonyl (C=O) groups excluding carboxylic acids is 1. The van der Waals surface area contributed by atoms with Gasteiger partial charge in [0.25, 0.3) is 5.91 Å². The lowest BCUT2D eigenvalue weighted by molar-refractivity contribution is 0.0935. The minimum atomic E-state index is -0.865. The maximum Gasteiger partial charge on any atom is 0.254 e. The molecule has 0 spiro atoms. The SMILES string of the molecule is CC(CCCl)NC(=O)c1ccc(F)cc1F. The molecule has 1 unspecified atom stereocenters. The van der Waals surface area contributed by atoms with Gasteiger partial charge in [-0.05, 0) is 25.5 Å². The van der Waals surface area contributed by atoms with Gasteiger partial charge in [0.2, 0.25) is 0 Å². The summed E-state index contributed by atoms with van der Waals surface area (Å²) >= 11 is 5.50. The molecular weight excluding hydrogens is 236 g/mol. The first-order chi connectivity index (χ1) is 7.54. The first-order valence-corrected chi connectivity index (χ1v) is 5.40. The molecule has 0 aliphatic rings. The van der Waals surface area contributed by atoms with E-state index in [2.05, 4.69) is 5.32 Å². The van der Waals surface area contributed by atoms with Crippen LogP contribution in [0.3, 0.4) is 0 Å². The largest absolute Gasteiger partial charge is 0.349 e. The highest BCUT2D eigenvalue weighted by Crippen LogP contribution is 2.09. The summed E-state index contributed by atoms with van der Waals surface area (Å²) in [6, 6.07) is 2.70. The van der Waals surface area contributed by atoms with Gasteiger partial charge < -0.3 is 5.32 Å². The van der Waals surface area contributed by atoms with E-state index < -0.39 is 17.5 Å². The van der Waals surface area contributed by atoms with Crippen molar-refractivity contribution in [3.05, 3.63) is 35.4 Å². The molecule has 1 aromatic rings. The second kappa shape index (κ2) is 5.80. The second-order valence-electron chi connectivity index (χ2n) is 3.48. The van der Waals surface area contributed by atoms with Crippen LogP contribution in [0.2, 0.25) is 0 Å². The van der Waals surface area contributed by atoms with Crippen molar-refractivity contribution >= 4 is 17.5 Å². The Morgan fingerprint density at radius 1 is 1.50 bits per heavy atom. The molecular formula is C11H12ClF2NO. The quantitative estimate of drug-likeness (QED) is 0.815. The summed E-state index contributed by atoms with van der Waals surface area (Å²) in [5.41, 5.74) is -0.164. The Morgan fingerprint density at radius 2 is 2.19 bits per heavy atom. The number of nitrogens with one attached hydrogen (secondary N) is 1. The van der Waals surface area contributed by atoms with Crippen LogP contribution >= 0.6 is 11.6 Å². The van der Waals surface area contributed by atoms with Gasteiger partial charge in [-0.3, -0.25) is 4.79 Å². The summed E-state index contributed by atoms with van der Waals surface area (Å²) in [5, 5.41) is 2.57. The fourth-order valence-electron chi connectivity index (χ4n) is 1.21. The lowest BCUT2D eigenvalue weighted by Crippen LogP contribution is -2.33. The van der Waals surface area contributed by atoms with Crippen LogP contribution in [-0.2, 0) is 0 Å². The molecule has 0 saturated heterocycles. The summed E-state index contributed by atoms with van der Waals surface area (Å²) in [4.78, 5) is 11.5. The highest BCUT2D eigenvalue weighted by Gasteiger charge is 2.14. The molecule has 1 amide bonds. The van der Waals surface area contributed by atoms with E-state index >= 15 is 0 Å². The lowest BCUT2D eigenvalue weighted by atomic mass is 10.1. The molecule has 0 aromatic heterocycles. The average Bonchev–Trinajstić information content (AvgIpc) is 2.17. The number of alkyl halides is 1.